The van der Waals surface area contributed by atoms with Crippen LogP contribution in [0.5, 0.6) is 0 Å². The van der Waals surface area contributed by atoms with E-state index in [1.165, 1.54) is 14.7 Å². The average molecular weight is 1200 g/mol. The number of hydrogen-bond acceptors (Lipinski definition) is 18. The number of halogens is 2. The molecule has 0 radical (unpaired) electrons. The Hall–Kier alpha value is -3.40. The van der Waals surface area contributed by atoms with E-state index in [9.17, 15) is 28.4 Å². The Labute approximate surface area is 503 Å². The second-order valence-electron chi connectivity index (χ2n) is 22.0. The predicted octanol–water partition coefficient (Wildman–Crippen LogP) is 6.19. The summed E-state index contributed by atoms with van der Waals surface area (Å²) in [6.45, 7) is 38.2. The van der Waals surface area contributed by atoms with Crippen LogP contribution >= 0.6 is 15.9 Å². The Bertz CT molecular complexity index is 1700. The molecule has 1 fully saturated rings. The Morgan fingerprint density at radius 2 is 0.987 bits per heavy atom. The maximum atomic E-state index is 11.8. The molecule has 0 aromatic rings. The number of terminal acetylenes is 2. The van der Waals surface area contributed by atoms with Crippen molar-refractivity contribution in [1.29, 1.82) is 0 Å². The van der Waals surface area contributed by atoms with E-state index in [4.69, 9.17) is 66.9 Å². The molecule has 3 N–H and O–H groups in total. The van der Waals surface area contributed by atoms with Crippen molar-refractivity contribution >= 4 is 53.6 Å². The van der Waals surface area contributed by atoms with Crippen LogP contribution in [0.3, 0.4) is 0 Å². The molecular weight excluding hydrogens is 1100 g/mol. The van der Waals surface area contributed by atoms with E-state index >= 15 is 0 Å². The maximum absolute atomic E-state index is 11.8. The molecule has 78 heavy (non-hydrogen) atoms. The number of rotatable bonds is 14. The largest absolute Gasteiger partial charge is 1.00 e. The van der Waals surface area contributed by atoms with Crippen molar-refractivity contribution in [3.05, 3.63) is 12.1 Å². The third-order valence-electron chi connectivity index (χ3n) is 8.04. The van der Waals surface area contributed by atoms with Crippen LogP contribution in [0.25, 0.3) is 0 Å². The van der Waals surface area contributed by atoms with Crippen molar-refractivity contribution in [2.75, 3.05) is 106 Å². The first-order valence-electron chi connectivity index (χ1n) is 25.3. The first-order chi connectivity index (χ1) is 35.3. The molecule has 25 heteroatoms. The molecule has 21 nitrogen and oxygen atoms in total. The van der Waals surface area contributed by atoms with Crippen LogP contribution in [0.1, 0.15) is 134 Å². The van der Waals surface area contributed by atoms with Crippen LogP contribution in [0.15, 0.2) is 12.1 Å². The molecule has 1 heterocycles. The minimum Gasteiger partial charge on any atom is -1.00 e. The molecule has 0 aliphatic carbocycles. The van der Waals surface area contributed by atoms with Crippen molar-refractivity contribution in [2.24, 2.45) is 0 Å². The Balaban J connectivity index is -0.000000137. The number of alkyl halides is 2. The van der Waals surface area contributed by atoms with E-state index in [0.717, 1.165) is 0 Å². The van der Waals surface area contributed by atoms with E-state index < -0.39 is 53.6 Å². The van der Waals surface area contributed by atoms with Gasteiger partial charge in [0.15, 0.2) is 0 Å². The normalized spacial score (nSPS) is 13.1. The van der Waals surface area contributed by atoms with Crippen LogP contribution < -0.4 is 34.9 Å². The van der Waals surface area contributed by atoms with Gasteiger partial charge in [-0.1, -0.05) is 39.8 Å². The van der Waals surface area contributed by atoms with Gasteiger partial charge in [-0.25, -0.2) is 24.0 Å². The molecule has 0 saturated carbocycles. The van der Waals surface area contributed by atoms with Crippen LogP contribution in [-0.2, 0) is 47.2 Å². The Morgan fingerprint density at radius 1 is 0.667 bits per heavy atom. The predicted molar refractivity (Wildman–Crippen MR) is 305 cm³/mol. The number of aliphatic hydroxyl groups excluding tert-OH is 2. The number of aliphatic hydroxyl groups is 2. The van der Waals surface area contributed by atoms with Gasteiger partial charge in [0.1, 0.15) is 34.6 Å². The number of nitrogens with one attached hydrogen (secondary N) is 1. The fourth-order valence-electron chi connectivity index (χ4n) is 3.98. The maximum Gasteiger partial charge on any atom is 1.00 e. The van der Waals surface area contributed by atoms with Gasteiger partial charge in [-0.2, -0.15) is 0 Å². The van der Waals surface area contributed by atoms with Crippen LogP contribution in [-0.4, -0.2) is 208 Å². The zero-order valence-electron chi connectivity index (χ0n) is 54.0. The van der Waals surface area contributed by atoms with Crippen molar-refractivity contribution in [1.82, 2.24) is 20.0 Å². The van der Waals surface area contributed by atoms with Gasteiger partial charge in [-0.15, -0.1) is 12.8 Å². The van der Waals surface area contributed by atoms with Crippen molar-refractivity contribution in [3.8, 4) is 24.7 Å². The Kier molecular flexibility index (Phi) is 50.9. The molecule has 1 aliphatic rings. The molecule has 0 spiro atoms. The van der Waals surface area contributed by atoms with Gasteiger partial charge in [0.05, 0.1) is 58.1 Å². The van der Waals surface area contributed by atoms with Gasteiger partial charge in [-0.3, -0.25) is 4.39 Å². The van der Waals surface area contributed by atoms with Crippen molar-refractivity contribution < 1.29 is 118 Å². The van der Waals surface area contributed by atoms with E-state index in [1.807, 2.05) is 81.3 Å². The van der Waals surface area contributed by atoms with E-state index in [2.05, 4.69) is 37.8 Å². The molecule has 454 valence electrons. The summed E-state index contributed by atoms with van der Waals surface area (Å²) in [5, 5.41) is 20.0. The summed E-state index contributed by atoms with van der Waals surface area (Å²) in [4.78, 5) is 60.7. The number of nitrogens with zero attached hydrogens (tertiary/aromatic N) is 3. The summed E-state index contributed by atoms with van der Waals surface area (Å²) in [7, 11) is 5.38. The minimum atomic E-state index is -1.06. The van der Waals surface area contributed by atoms with E-state index in [-0.39, 0.29) is 81.3 Å². The third kappa shape index (κ3) is 61.8. The summed E-state index contributed by atoms with van der Waals surface area (Å²) < 4.78 is 67.0. The van der Waals surface area contributed by atoms with Crippen molar-refractivity contribution in [2.45, 2.75) is 171 Å². The summed E-state index contributed by atoms with van der Waals surface area (Å²) in [5.74, 6) is 6.55. The summed E-state index contributed by atoms with van der Waals surface area (Å²) in [6, 6.07) is 0. The molecule has 0 unspecified atom stereocenters. The number of likely N-dealkylation sites (N-methyl/N-ethyl adjacent to an activating group) is 4. The third-order valence-corrected chi connectivity index (χ3v) is 8.37. The minimum absolute atomic E-state index is 0. The number of ether oxygens (including phenoxy) is 8. The first kappa shape index (κ1) is 85.9. The molecular formula is C53H102BBrFN4NaO17. The molecule has 1 saturated heterocycles. The second kappa shape index (κ2) is 46.2. The number of amides is 3. The monoisotopic (exact) mass is 1200 g/mol. The average Bonchev–Trinajstić information content (AvgIpc) is 3.46. The zero-order chi connectivity index (χ0) is 62.8. The molecule has 0 atom stereocenters. The number of carbonyl (C=O) groups is 5. The smallest absolute Gasteiger partial charge is 1.00 e. The molecule has 0 bridgehead atoms. The Morgan fingerprint density at radius 3 is 1.24 bits per heavy atom. The van der Waals surface area contributed by atoms with Crippen LogP contribution in [0.4, 0.5) is 28.4 Å². The molecule has 0 aromatic heterocycles. The van der Waals surface area contributed by atoms with Gasteiger partial charge in [0.25, 0.3) is 0 Å². The number of hydrogen-bond donors (Lipinski definition) is 3. The molecule has 1 aliphatic heterocycles. The fraction of sp³-hybridized carbons (Fsp3) is 0.792. The van der Waals surface area contributed by atoms with Gasteiger partial charge in [0, 0.05) is 47.3 Å². The number of carbonyl (C=O) groups excluding carboxylic acids is 5. The summed E-state index contributed by atoms with van der Waals surface area (Å²) in [6.07, 6.45) is 8.38. The first-order valence-corrected chi connectivity index (χ1v) is 25.7. The molecule has 3 amide bonds. The second-order valence-corrected chi connectivity index (χ2v) is 22.6. The van der Waals surface area contributed by atoms with E-state index in [1.54, 1.807) is 90.5 Å². The van der Waals surface area contributed by atoms with Crippen LogP contribution in [0.2, 0.25) is 0 Å². The quantitative estimate of drug-likeness (QED) is 0.0334. The van der Waals surface area contributed by atoms with Crippen LogP contribution in [0, 0.1) is 24.7 Å². The summed E-state index contributed by atoms with van der Waals surface area (Å²) in [5.41, 5.74) is -3.49. The standard InChI is InChI=1S/C17H32BNO5.C11H19NO3.C10H18O5.C8H17NO3.C3H3Br.C3H9NO.CH3F.Na.H/c1-15(2,3)22-14(20)19(8)11-13-21-12-9-10-18-23-16(4,5)17(6,7)24-18;1-6-8-14-9-7-12(5)10(13)15-11(2,3)4;1-9(2,3)14-7(11)13-8(12)15-10(4,5)6;1-8(2,3)12-7(11)9(4)5-6-10;1-2-3-4;1-4-2-3-5;1-2;;/h9-10H,11-13H2,1-8H3;1H,7-9H2,2-5H3;1-6H3;10H,5-6H2,1-4H3;1H,3H2;4-5H,2-3H2,1H3;1H3;;/q;;;;;;;+1;-1/b10-9+;;;;;;;;/i;;;;;;1D;;. The molecule has 0 aromatic carbocycles. The van der Waals surface area contributed by atoms with E-state index in [0.29, 0.717) is 51.3 Å². The van der Waals surface area contributed by atoms with Crippen molar-refractivity contribution in [3.63, 3.8) is 0 Å². The topological polar surface area (TPSA) is 240 Å². The van der Waals surface area contributed by atoms with Gasteiger partial charge in [0.2, 0.25) is 0 Å². The van der Waals surface area contributed by atoms with Gasteiger partial charge >= 0.3 is 67.3 Å². The summed E-state index contributed by atoms with van der Waals surface area (Å²) >= 11 is 3.01. The van der Waals surface area contributed by atoms with Gasteiger partial charge in [-0.05, 0) is 139 Å². The fourth-order valence-corrected chi connectivity index (χ4v) is 3.98. The zero-order valence-corrected chi connectivity index (χ0v) is 55.6. The molecule has 1 rings (SSSR count). The SMILES string of the molecule is C#CCBr.C#CCOCCN(C)C(=O)OC(C)(C)C.CC(C)(C)OC(=O)OC(=O)OC(C)(C)C.CN(CCO)C(=O)OC(C)(C)C.CN(CCOC/C=C/B1OC(C)(C)C(C)(C)O1)C(=O)OC(C)(C)C.CNCCO.[2H]CF.[H-].[Na+]. The van der Waals surface area contributed by atoms with Gasteiger partial charge < -0.3 is 78.9 Å².